The summed E-state index contributed by atoms with van der Waals surface area (Å²) in [7, 11) is 2.74. The number of nitro benzene ring substituents is 1. The van der Waals surface area contributed by atoms with Crippen molar-refractivity contribution in [2.24, 2.45) is 0 Å². The highest BCUT2D eigenvalue weighted by atomic mass is 33.1. The Kier molecular flexibility index (Phi) is 4.11. The standard InChI is InChI=1S/C12H9NO3S2/c14-9-5-7-10(8-6-9)17-18-12-4-2-1-3-11(12)13(15)16/h1-8,14H. The second kappa shape index (κ2) is 5.79. The highest BCUT2D eigenvalue weighted by Crippen LogP contribution is 2.41. The van der Waals surface area contributed by atoms with Gasteiger partial charge in [-0.05, 0) is 41.1 Å². The minimum atomic E-state index is -0.389. The average Bonchev–Trinajstić information content (AvgIpc) is 2.38. The molecule has 2 aromatic rings. The molecule has 2 rings (SSSR count). The lowest BCUT2D eigenvalue weighted by atomic mass is 10.3. The fraction of sp³-hybridized carbons (Fsp3) is 0. The maximum atomic E-state index is 10.8. The Hall–Kier alpha value is -1.66. The van der Waals surface area contributed by atoms with Gasteiger partial charge in [-0.1, -0.05) is 22.9 Å². The Bertz CT molecular complexity index is 558. The third kappa shape index (κ3) is 3.18. The topological polar surface area (TPSA) is 63.4 Å². The van der Waals surface area contributed by atoms with Crippen LogP contribution >= 0.6 is 21.6 Å². The summed E-state index contributed by atoms with van der Waals surface area (Å²) in [5, 5.41) is 20.0. The molecule has 0 amide bonds. The molecule has 0 saturated carbocycles. The highest BCUT2D eigenvalue weighted by molar-refractivity contribution is 8.76. The van der Waals surface area contributed by atoms with Gasteiger partial charge in [-0.2, -0.15) is 0 Å². The maximum absolute atomic E-state index is 10.8. The molecule has 6 heteroatoms. The number of para-hydroxylation sites is 1. The average molecular weight is 279 g/mol. The number of benzene rings is 2. The minimum absolute atomic E-state index is 0.105. The second-order valence-corrected chi connectivity index (χ2v) is 5.63. The number of hydrogen-bond acceptors (Lipinski definition) is 5. The summed E-state index contributed by atoms with van der Waals surface area (Å²) >= 11 is 0. The van der Waals surface area contributed by atoms with Crippen LogP contribution in [0.5, 0.6) is 5.75 Å². The Morgan fingerprint density at radius 2 is 1.67 bits per heavy atom. The summed E-state index contributed by atoms with van der Waals surface area (Å²) in [6, 6.07) is 13.3. The molecule has 0 aliphatic carbocycles. The molecule has 2 aromatic carbocycles. The van der Waals surface area contributed by atoms with Gasteiger partial charge in [-0.15, -0.1) is 0 Å². The van der Waals surface area contributed by atoms with Crippen LogP contribution in [0.15, 0.2) is 58.3 Å². The summed E-state index contributed by atoms with van der Waals surface area (Å²) in [4.78, 5) is 12.0. The lowest BCUT2D eigenvalue weighted by molar-refractivity contribution is -0.387. The Labute approximate surface area is 112 Å². The molecule has 0 aliphatic rings. The van der Waals surface area contributed by atoms with Crippen molar-refractivity contribution < 1.29 is 10.0 Å². The van der Waals surface area contributed by atoms with Crippen LogP contribution in [0.2, 0.25) is 0 Å². The molecule has 0 saturated heterocycles. The molecular formula is C12H9NO3S2. The van der Waals surface area contributed by atoms with E-state index in [1.165, 1.54) is 27.7 Å². The van der Waals surface area contributed by atoms with E-state index in [9.17, 15) is 10.1 Å². The number of phenols is 1. The van der Waals surface area contributed by atoms with Crippen molar-refractivity contribution in [2.45, 2.75) is 9.79 Å². The van der Waals surface area contributed by atoms with Crippen molar-refractivity contribution in [3.8, 4) is 5.75 Å². The van der Waals surface area contributed by atoms with Gasteiger partial charge < -0.3 is 5.11 Å². The molecule has 1 N–H and O–H groups in total. The maximum Gasteiger partial charge on any atom is 0.283 e. The van der Waals surface area contributed by atoms with E-state index >= 15 is 0 Å². The Morgan fingerprint density at radius 3 is 2.33 bits per heavy atom. The van der Waals surface area contributed by atoms with Crippen LogP contribution in [0.1, 0.15) is 0 Å². The van der Waals surface area contributed by atoms with E-state index in [1.807, 2.05) is 0 Å². The quantitative estimate of drug-likeness (QED) is 0.518. The molecule has 0 unspecified atom stereocenters. The summed E-state index contributed by atoms with van der Waals surface area (Å²) in [5.74, 6) is 0.204. The first-order chi connectivity index (χ1) is 8.66. The lowest BCUT2D eigenvalue weighted by Gasteiger charge is -2.02. The van der Waals surface area contributed by atoms with E-state index in [4.69, 9.17) is 5.11 Å². The van der Waals surface area contributed by atoms with Crippen LogP contribution in [0.3, 0.4) is 0 Å². The van der Waals surface area contributed by atoms with Crippen LogP contribution in [0, 0.1) is 10.1 Å². The molecule has 0 radical (unpaired) electrons. The Morgan fingerprint density at radius 1 is 1.00 bits per heavy atom. The largest absolute Gasteiger partial charge is 0.508 e. The van der Waals surface area contributed by atoms with Gasteiger partial charge in [-0.25, -0.2) is 0 Å². The van der Waals surface area contributed by atoms with Gasteiger partial charge >= 0.3 is 0 Å². The zero-order valence-electron chi connectivity index (χ0n) is 9.15. The van der Waals surface area contributed by atoms with Crippen molar-refractivity contribution in [3.63, 3.8) is 0 Å². The smallest absolute Gasteiger partial charge is 0.283 e. The van der Waals surface area contributed by atoms with Gasteiger partial charge in [0.25, 0.3) is 5.69 Å². The monoisotopic (exact) mass is 279 g/mol. The molecular weight excluding hydrogens is 270 g/mol. The molecule has 0 aliphatic heterocycles. The van der Waals surface area contributed by atoms with Gasteiger partial charge in [0.05, 0.1) is 9.82 Å². The predicted molar refractivity (Wildman–Crippen MR) is 72.9 cm³/mol. The second-order valence-electron chi connectivity index (χ2n) is 3.39. The number of nitro groups is 1. The van der Waals surface area contributed by atoms with Crippen LogP contribution in [-0.4, -0.2) is 10.0 Å². The zero-order chi connectivity index (χ0) is 13.0. The predicted octanol–water partition coefficient (Wildman–Crippen LogP) is 4.10. The third-order valence-corrected chi connectivity index (χ3v) is 4.57. The van der Waals surface area contributed by atoms with Gasteiger partial charge in [0.15, 0.2) is 0 Å². The molecule has 92 valence electrons. The lowest BCUT2D eigenvalue weighted by Crippen LogP contribution is -1.88. The fourth-order valence-corrected chi connectivity index (χ4v) is 3.38. The molecule has 0 spiro atoms. The van der Waals surface area contributed by atoms with E-state index < -0.39 is 0 Å². The number of hydrogen-bond donors (Lipinski definition) is 1. The summed E-state index contributed by atoms with van der Waals surface area (Å²) in [5.41, 5.74) is 0.105. The van der Waals surface area contributed by atoms with Crippen molar-refractivity contribution in [1.82, 2.24) is 0 Å². The van der Waals surface area contributed by atoms with Crippen LogP contribution in [0.4, 0.5) is 5.69 Å². The van der Waals surface area contributed by atoms with Crippen LogP contribution in [0.25, 0.3) is 0 Å². The molecule has 0 bridgehead atoms. The summed E-state index contributed by atoms with van der Waals surface area (Å²) < 4.78 is 0. The zero-order valence-corrected chi connectivity index (χ0v) is 10.8. The van der Waals surface area contributed by atoms with Gasteiger partial charge in [0, 0.05) is 11.0 Å². The van der Waals surface area contributed by atoms with Crippen molar-refractivity contribution in [3.05, 3.63) is 58.6 Å². The third-order valence-electron chi connectivity index (χ3n) is 2.13. The normalized spacial score (nSPS) is 10.2. The van der Waals surface area contributed by atoms with Crippen LogP contribution < -0.4 is 0 Å². The molecule has 0 fully saturated rings. The fourth-order valence-electron chi connectivity index (χ4n) is 1.27. The number of phenolic OH excluding ortho intramolecular Hbond substituents is 1. The van der Waals surface area contributed by atoms with Gasteiger partial charge in [0.2, 0.25) is 0 Å². The molecule has 0 aromatic heterocycles. The van der Waals surface area contributed by atoms with E-state index in [0.717, 1.165) is 4.90 Å². The molecule has 4 nitrogen and oxygen atoms in total. The van der Waals surface area contributed by atoms with Crippen molar-refractivity contribution in [1.29, 1.82) is 0 Å². The molecule has 0 atom stereocenters. The highest BCUT2D eigenvalue weighted by Gasteiger charge is 2.13. The number of aromatic hydroxyl groups is 1. The molecule has 0 heterocycles. The first-order valence-corrected chi connectivity index (χ1v) is 7.19. The van der Waals surface area contributed by atoms with Gasteiger partial charge in [0.1, 0.15) is 5.75 Å². The first-order valence-electron chi connectivity index (χ1n) is 5.04. The minimum Gasteiger partial charge on any atom is -0.508 e. The summed E-state index contributed by atoms with van der Waals surface area (Å²) in [6.45, 7) is 0. The van der Waals surface area contributed by atoms with E-state index in [0.29, 0.717) is 4.90 Å². The van der Waals surface area contributed by atoms with Crippen LogP contribution in [-0.2, 0) is 0 Å². The first kappa shape index (κ1) is 12.8. The van der Waals surface area contributed by atoms with E-state index in [2.05, 4.69) is 0 Å². The summed E-state index contributed by atoms with van der Waals surface area (Å²) in [6.07, 6.45) is 0. The number of nitrogens with zero attached hydrogens (tertiary/aromatic N) is 1. The SMILES string of the molecule is O=[N+]([O-])c1ccccc1SSc1ccc(O)cc1. The Balaban J connectivity index is 2.10. The molecule has 18 heavy (non-hydrogen) atoms. The van der Waals surface area contributed by atoms with Crippen molar-refractivity contribution >= 4 is 27.3 Å². The van der Waals surface area contributed by atoms with Crippen molar-refractivity contribution in [2.75, 3.05) is 0 Å². The van der Waals surface area contributed by atoms with E-state index in [1.54, 1.807) is 42.5 Å². The van der Waals surface area contributed by atoms with Gasteiger partial charge in [-0.3, -0.25) is 10.1 Å². The van der Waals surface area contributed by atoms with E-state index in [-0.39, 0.29) is 16.4 Å². The number of rotatable bonds is 4.